The van der Waals surface area contributed by atoms with Crippen molar-refractivity contribution in [2.75, 3.05) is 0 Å². The molecule has 57 valence electrons. The van der Waals surface area contributed by atoms with Gasteiger partial charge in [-0.05, 0) is 19.8 Å². The van der Waals surface area contributed by atoms with Crippen LogP contribution in [0, 0.1) is 12.3 Å². The van der Waals surface area contributed by atoms with E-state index in [0.29, 0.717) is 0 Å². The van der Waals surface area contributed by atoms with Crippen molar-refractivity contribution in [2.45, 2.75) is 32.1 Å². The largest absolute Gasteiger partial charge is 0.481 e. The Morgan fingerprint density at radius 3 is 2.10 bits per heavy atom. The third kappa shape index (κ3) is 1.31. The van der Waals surface area contributed by atoms with Crippen LogP contribution in [0.3, 0.4) is 0 Å². The fraction of sp³-hybridized carbons (Fsp3) is 0.750. The topological polar surface area (TPSA) is 37.3 Å². The van der Waals surface area contributed by atoms with Gasteiger partial charge < -0.3 is 5.11 Å². The average Bonchev–Trinajstić information content (AvgIpc) is 1.89. The van der Waals surface area contributed by atoms with Crippen molar-refractivity contribution in [2.24, 2.45) is 5.41 Å². The van der Waals surface area contributed by atoms with Gasteiger partial charge in [-0.1, -0.05) is 19.3 Å². The summed E-state index contributed by atoms with van der Waals surface area (Å²) < 4.78 is 0. The molecule has 2 nitrogen and oxygen atoms in total. The molecule has 1 aliphatic carbocycles. The second-order valence-electron chi connectivity index (χ2n) is 3.15. The van der Waals surface area contributed by atoms with Gasteiger partial charge in [0.05, 0.1) is 5.41 Å². The van der Waals surface area contributed by atoms with E-state index < -0.39 is 11.4 Å². The Bertz CT molecular complexity index is 134. The van der Waals surface area contributed by atoms with Crippen LogP contribution in [0.2, 0.25) is 0 Å². The third-order valence-electron chi connectivity index (χ3n) is 2.26. The Balaban J connectivity index is 2.56. The summed E-state index contributed by atoms with van der Waals surface area (Å²) in [5, 5.41) is 8.74. The summed E-state index contributed by atoms with van der Waals surface area (Å²) in [5.74, 6) is -0.729. The summed E-state index contributed by atoms with van der Waals surface area (Å²) in [6, 6.07) is 0. The van der Waals surface area contributed by atoms with Gasteiger partial charge in [0.2, 0.25) is 0 Å². The van der Waals surface area contributed by atoms with Crippen LogP contribution < -0.4 is 0 Å². The molecule has 0 amide bonds. The van der Waals surface area contributed by atoms with E-state index in [4.69, 9.17) is 5.11 Å². The van der Waals surface area contributed by atoms with Crippen LogP contribution >= 0.6 is 0 Å². The SMILES string of the molecule is [CH2]C1(C(=O)O)CCCCC1. The van der Waals surface area contributed by atoms with Crippen molar-refractivity contribution in [3.63, 3.8) is 0 Å². The molecule has 0 aromatic heterocycles. The minimum absolute atomic E-state index is 0.655. The highest BCUT2D eigenvalue weighted by atomic mass is 16.4. The van der Waals surface area contributed by atoms with E-state index in [1.807, 2.05) is 0 Å². The molecular formula is C8H13O2. The molecule has 1 saturated carbocycles. The Kier molecular flexibility index (Phi) is 1.97. The minimum Gasteiger partial charge on any atom is -0.481 e. The molecule has 0 saturated heterocycles. The van der Waals surface area contributed by atoms with Gasteiger partial charge >= 0.3 is 5.97 Å². The second kappa shape index (κ2) is 2.60. The summed E-state index contributed by atoms with van der Waals surface area (Å²) in [5.41, 5.74) is -0.655. The molecule has 1 rings (SSSR count). The Morgan fingerprint density at radius 1 is 1.30 bits per heavy atom. The second-order valence-corrected chi connectivity index (χ2v) is 3.15. The predicted molar refractivity (Wildman–Crippen MR) is 38.5 cm³/mol. The monoisotopic (exact) mass is 141 g/mol. The molecule has 0 atom stereocenters. The number of hydrogen-bond acceptors (Lipinski definition) is 1. The van der Waals surface area contributed by atoms with Gasteiger partial charge in [-0.3, -0.25) is 4.79 Å². The molecule has 2 heteroatoms. The Labute approximate surface area is 61.2 Å². The van der Waals surface area contributed by atoms with Gasteiger partial charge in [0, 0.05) is 0 Å². The summed E-state index contributed by atoms with van der Waals surface area (Å²) in [4.78, 5) is 10.6. The van der Waals surface area contributed by atoms with E-state index in [1.54, 1.807) is 0 Å². The lowest BCUT2D eigenvalue weighted by Crippen LogP contribution is -2.29. The van der Waals surface area contributed by atoms with Crippen LogP contribution in [-0.2, 0) is 4.79 Å². The molecule has 0 aliphatic heterocycles. The zero-order valence-electron chi connectivity index (χ0n) is 6.10. The predicted octanol–water partition coefficient (Wildman–Crippen LogP) is 1.86. The zero-order chi connectivity index (χ0) is 7.61. The Hall–Kier alpha value is -0.530. The van der Waals surface area contributed by atoms with E-state index in [2.05, 4.69) is 6.92 Å². The molecule has 10 heavy (non-hydrogen) atoms. The summed E-state index contributed by atoms with van der Waals surface area (Å²) in [6.07, 6.45) is 4.72. The smallest absolute Gasteiger partial charge is 0.309 e. The Morgan fingerprint density at radius 2 is 1.80 bits per heavy atom. The van der Waals surface area contributed by atoms with Crippen molar-refractivity contribution in [1.82, 2.24) is 0 Å². The zero-order valence-corrected chi connectivity index (χ0v) is 6.10. The van der Waals surface area contributed by atoms with Crippen LogP contribution in [0.4, 0.5) is 0 Å². The van der Waals surface area contributed by atoms with Crippen molar-refractivity contribution in [3.8, 4) is 0 Å². The maximum Gasteiger partial charge on any atom is 0.309 e. The maximum absolute atomic E-state index is 10.6. The summed E-state index contributed by atoms with van der Waals surface area (Å²) in [6.45, 7) is 3.73. The van der Waals surface area contributed by atoms with Crippen molar-refractivity contribution in [1.29, 1.82) is 0 Å². The fourth-order valence-corrected chi connectivity index (χ4v) is 1.44. The van der Waals surface area contributed by atoms with Gasteiger partial charge in [-0.2, -0.15) is 0 Å². The quantitative estimate of drug-likeness (QED) is 0.605. The first-order valence-corrected chi connectivity index (χ1v) is 3.74. The highest BCUT2D eigenvalue weighted by molar-refractivity contribution is 5.75. The number of carbonyl (C=O) groups is 1. The maximum atomic E-state index is 10.6. The van der Waals surface area contributed by atoms with E-state index in [1.165, 1.54) is 6.42 Å². The molecule has 0 aromatic carbocycles. The van der Waals surface area contributed by atoms with Crippen LogP contribution in [-0.4, -0.2) is 11.1 Å². The van der Waals surface area contributed by atoms with Crippen LogP contribution in [0.25, 0.3) is 0 Å². The molecule has 1 radical (unpaired) electrons. The van der Waals surface area contributed by atoms with Crippen molar-refractivity contribution < 1.29 is 9.90 Å². The molecule has 1 N–H and O–H groups in total. The molecule has 1 aliphatic rings. The van der Waals surface area contributed by atoms with Gasteiger partial charge in [-0.25, -0.2) is 0 Å². The highest BCUT2D eigenvalue weighted by Gasteiger charge is 2.34. The highest BCUT2D eigenvalue weighted by Crippen LogP contribution is 2.35. The lowest BCUT2D eigenvalue weighted by Gasteiger charge is -2.28. The lowest BCUT2D eigenvalue weighted by atomic mass is 9.76. The van der Waals surface area contributed by atoms with Gasteiger partial charge in [0.25, 0.3) is 0 Å². The third-order valence-corrected chi connectivity index (χ3v) is 2.26. The molecule has 0 bridgehead atoms. The van der Waals surface area contributed by atoms with E-state index in [0.717, 1.165) is 25.7 Å². The number of hydrogen-bond donors (Lipinski definition) is 1. The minimum atomic E-state index is -0.729. The first-order chi connectivity index (χ1) is 4.65. The van der Waals surface area contributed by atoms with Crippen molar-refractivity contribution in [3.05, 3.63) is 6.92 Å². The standard InChI is InChI=1S/C8H13O2/c1-8(7(9)10)5-3-2-4-6-8/h1-6H2,(H,9,10). The van der Waals surface area contributed by atoms with Crippen LogP contribution in [0.5, 0.6) is 0 Å². The first-order valence-electron chi connectivity index (χ1n) is 3.74. The molecule has 1 fully saturated rings. The van der Waals surface area contributed by atoms with Crippen molar-refractivity contribution >= 4 is 5.97 Å². The van der Waals surface area contributed by atoms with E-state index in [9.17, 15) is 4.79 Å². The van der Waals surface area contributed by atoms with Gasteiger partial charge in [0.15, 0.2) is 0 Å². The molecule has 0 heterocycles. The van der Waals surface area contributed by atoms with E-state index >= 15 is 0 Å². The number of aliphatic carboxylic acids is 1. The number of rotatable bonds is 1. The molecule has 0 aromatic rings. The van der Waals surface area contributed by atoms with Crippen LogP contribution in [0.1, 0.15) is 32.1 Å². The first kappa shape index (κ1) is 7.58. The summed E-state index contributed by atoms with van der Waals surface area (Å²) >= 11 is 0. The van der Waals surface area contributed by atoms with E-state index in [-0.39, 0.29) is 0 Å². The average molecular weight is 141 g/mol. The summed E-state index contributed by atoms with van der Waals surface area (Å²) in [7, 11) is 0. The fourth-order valence-electron chi connectivity index (χ4n) is 1.44. The molecule has 0 unspecified atom stereocenters. The lowest BCUT2D eigenvalue weighted by molar-refractivity contribution is -0.147. The number of carboxylic acids is 1. The number of carboxylic acid groups (broad SMARTS) is 1. The normalized spacial score (nSPS) is 24.1. The molecule has 0 spiro atoms. The molecular weight excluding hydrogens is 128 g/mol. The van der Waals surface area contributed by atoms with Gasteiger partial charge in [-0.15, -0.1) is 0 Å². The van der Waals surface area contributed by atoms with Gasteiger partial charge in [0.1, 0.15) is 0 Å². The van der Waals surface area contributed by atoms with Crippen LogP contribution in [0.15, 0.2) is 0 Å².